The van der Waals surface area contributed by atoms with E-state index in [4.69, 9.17) is 0 Å². The van der Waals surface area contributed by atoms with Crippen molar-refractivity contribution in [1.82, 2.24) is 25.1 Å². The summed E-state index contributed by atoms with van der Waals surface area (Å²) in [4.78, 5) is 12.6. The standard InChI is InChI=1S/C17H19N5S/c1-12-18-7-6-14(20-12)15-4-2-8-22(15)11-13-10-19-21-17(13)16-5-3-9-23-16/h3,5-7,9-10,15H,2,4,8,11H2,1H3,(H,19,21)/t15-/m1/s1. The maximum absolute atomic E-state index is 4.63. The molecule has 3 aromatic heterocycles. The SMILES string of the molecule is Cc1nccc([C@H]2CCCN2Cc2cn[nH]c2-c2cccs2)n1. The fraction of sp³-hybridized carbons (Fsp3) is 0.353. The zero-order valence-corrected chi connectivity index (χ0v) is 13.9. The van der Waals surface area contributed by atoms with Gasteiger partial charge in [-0.2, -0.15) is 5.10 Å². The zero-order chi connectivity index (χ0) is 15.6. The van der Waals surface area contributed by atoms with E-state index >= 15 is 0 Å². The van der Waals surface area contributed by atoms with E-state index in [2.05, 4.69) is 42.6 Å². The minimum Gasteiger partial charge on any atom is -0.290 e. The number of H-pyrrole nitrogens is 1. The van der Waals surface area contributed by atoms with Gasteiger partial charge >= 0.3 is 0 Å². The molecule has 4 rings (SSSR count). The molecule has 3 aromatic rings. The Bertz CT molecular complexity index is 780. The average molecular weight is 325 g/mol. The van der Waals surface area contributed by atoms with E-state index in [0.29, 0.717) is 6.04 Å². The van der Waals surface area contributed by atoms with Gasteiger partial charge in [-0.3, -0.25) is 10.00 Å². The van der Waals surface area contributed by atoms with Gasteiger partial charge in [0, 0.05) is 18.3 Å². The van der Waals surface area contributed by atoms with Gasteiger partial charge in [0.1, 0.15) is 5.82 Å². The topological polar surface area (TPSA) is 57.7 Å². The van der Waals surface area contributed by atoms with Gasteiger partial charge in [0.05, 0.1) is 28.5 Å². The molecule has 0 aromatic carbocycles. The third kappa shape index (κ3) is 2.92. The third-order valence-electron chi connectivity index (χ3n) is 4.36. The second kappa shape index (κ2) is 6.22. The summed E-state index contributed by atoms with van der Waals surface area (Å²) in [6.45, 7) is 3.95. The van der Waals surface area contributed by atoms with Crippen molar-refractivity contribution in [2.75, 3.05) is 6.54 Å². The highest BCUT2D eigenvalue weighted by Crippen LogP contribution is 2.34. The van der Waals surface area contributed by atoms with Crippen LogP contribution in [-0.4, -0.2) is 31.6 Å². The van der Waals surface area contributed by atoms with E-state index in [1.807, 2.05) is 25.4 Å². The first-order valence-corrected chi connectivity index (χ1v) is 8.79. The highest BCUT2D eigenvalue weighted by Gasteiger charge is 2.28. The molecule has 1 saturated heterocycles. The number of likely N-dealkylation sites (tertiary alicyclic amines) is 1. The molecule has 5 nitrogen and oxygen atoms in total. The molecule has 4 heterocycles. The summed E-state index contributed by atoms with van der Waals surface area (Å²) in [5.41, 5.74) is 3.53. The molecule has 0 bridgehead atoms. The second-order valence-electron chi connectivity index (χ2n) is 5.90. The number of hydrogen-bond donors (Lipinski definition) is 1. The molecular formula is C17H19N5S. The summed E-state index contributed by atoms with van der Waals surface area (Å²) in [7, 11) is 0. The molecule has 0 unspecified atom stereocenters. The Morgan fingerprint density at radius 2 is 2.35 bits per heavy atom. The van der Waals surface area contributed by atoms with Crippen LogP contribution in [0.5, 0.6) is 0 Å². The highest BCUT2D eigenvalue weighted by molar-refractivity contribution is 7.13. The quantitative estimate of drug-likeness (QED) is 0.796. The Morgan fingerprint density at radius 1 is 1.39 bits per heavy atom. The number of nitrogens with one attached hydrogen (secondary N) is 1. The van der Waals surface area contributed by atoms with Crippen LogP contribution in [0.3, 0.4) is 0 Å². The predicted octanol–water partition coefficient (Wildman–Crippen LogP) is 3.57. The molecule has 0 spiro atoms. The Hall–Kier alpha value is -2.05. The molecule has 1 aliphatic heterocycles. The number of aromatic amines is 1. The summed E-state index contributed by atoms with van der Waals surface area (Å²) in [5.74, 6) is 0.844. The van der Waals surface area contributed by atoms with Crippen molar-refractivity contribution in [1.29, 1.82) is 0 Å². The van der Waals surface area contributed by atoms with Gasteiger partial charge in [0.15, 0.2) is 0 Å². The normalized spacial score (nSPS) is 18.6. The lowest BCUT2D eigenvalue weighted by Crippen LogP contribution is -2.23. The maximum atomic E-state index is 4.63. The number of aryl methyl sites for hydroxylation is 1. The van der Waals surface area contributed by atoms with Crippen LogP contribution < -0.4 is 0 Å². The molecular weight excluding hydrogens is 306 g/mol. The van der Waals surface area contributed by atoms with Gasteiger partial charge in [-0.1, -0.05) is 6.07 Å². The van der Waals surface area contributed by atoms with Crippen LogP contribution in [-0.2, 0) is 6.54 Å². The number of rotatable bonds is 4. The Kier molecular flexibility index (Phi) is 3.93. The van der Waals surface area contributed by atoms with Crippen LogP contribution in [0.15, 0.2) is 36.0 Å². The van der Waals surface area contributed by atoms with Gasteiger partial charge < -0.3 is 0 Å². The van der Waals surface area contributed by atoms with E-state index in [9.17, 15) is 0 Å². The largest absolute Gasteiger partial charge is 0.290 e. The fourth-order valence-electron chi connectivity index (χ4n) is 3.29. The van der Waals surface area contributed by atoms with Crippen molar-refractivity contribution in [2.24, 2.45) is 0 Å². The van der Waals surface area contributed by atoms with Crippen molar-refractivity contribution in [2.45, 2.75) is 32.4 Å². The third-order valence-corrected chi connectivity index (χ3v) is 5.25. The molecule has 1 atom stereocenters. The van der Waals surface area contributed by atoms with Gasteiger partial charge in [-0.15, -0.1) is 11.3 Å². The Labute approximate surface area is 139 Å². The van der Waals surface area contributed by atoms with E-state index in [1.54, 1.807) is 11.3 Å². The minimum atomic E-state index is 0.378. The van der Waals surface area contributed by atoms with E-state index in [0.717, 1.165) is 36.7 Å². The van der Waals surface area contributed by atoms with Crippen molar-refractivity contribution in [3.63, 3.8) is 0 Å². The first kappa shape index (κ1) is 14.5. The van der Waals surface area contributed by atoms with Crippen LogP contribution in [0.4, 0.5) is 0 Å². The smallest absolute Gasteiger partial charge is 0.125 e. The molecule has 23 heavy (non-hydrogen) atoms. The van der Waals surface area contributed by atoms with Gasteiger partial charge in [0.2, 0.25) is 0 Å². The van der Waals surface area contributed by atoms with E-state index in [-0.39, 0.29) is 0 Å². The van der Waals surface area contributed by atoms with Crippen molar-refractivity contribution in [3.8, 4) is 10.6 Å². The van der Waals surface area contributed by atoms with Crippen LogP contribution in [0.25, 0.3) is 10.6 Å². The van der Waals surface area contributed by atoms with Gasteiger partial charge in [-0.25, -0.2) is 9.97 Å². The molecule has 6 heteroatoms. The highest BCUT2D eigenvalue weighted by atomic mass is 32.1. The van der Waals surface area contributed by atoms with Crippen LogP contribution in [0.2, 0.25) is 0 Å². The lowest BCUT2D eigenvalue weighted by molar-refractivity contribution is 0.244. The number of aromatic nitrogens is 4. The summed E-state index contributed by atoms with van der Waals surface area (Å²) >= 11 is 1.74. The molecule has 0 radical (unpaired) electrons. The molecule has 1 N–H and O–H groups in total. The number of nitrogens with zero attached hydrogens (tertiary/aromatic N) is 4. The maximum Gasteiger partial charge on any atom is 0.125 e. The molecule has 0 aliphatic carbocycles. The Morgan fingerprint density at radius 3 is 3.17 bits per heavy atom. The lowest BCUT2D eigenvalue weighted by atomic mass is 10.1. The van der Waals surface area contributed by atoms with Crippen LogP contribution in [0.1, 0.15) is 36.0 Å². The zero-order valence-electron chi connectivity index (χ0n) is 13.1. The monoisotopic (exact) mass is 325 g/mol. The summed E-state index contributed by atoms with van der Waals surface area (Å²) < 4.78 is 0. The summed E-state index contributed by atoms with van der Waals surface area (Å²) in [5, 5.41) is 9.51. The van der Waals surface area contributed by atoms with Crippen LogP contribution in [0, 0.1) is 6.92 Å². The van der Waals surface area contributed by atoms with Crippen LogP contribution >= 0.6 is 11.3 Å². The summed E-state index contributed by atoms with van der Waals surface area (Å²) in [6, 6.07) is 6.64. The minimum absolute atomic E-state index is 0.378. The van der Waals surface area contributed by atoms with Crippen molar-refractivity contribution >= 4 is 11.3 Å². The first-order valence-electron chi connectivity index (χ1n) is 7.91. The van der Waals surface area contributed by atoms with E-state index < -0.39 is 0 Å². The van der Waals surface area contributed by atoms with Gasteiger partial charge in [0.25, 0.3) is 0 Å². The van der Waals surface area contributed by atoms with E-state index in [1.165, 1.54) is 16.9 Å². The van der Waals surface area contributed by atoms with Gasteiger partial charge in [-0.05, 0) is 43.8 Å². The predicted molar refractivity (Wildman–Crippen MR) is 91.1 cm³/mol. The fourth-order valence-corrected chi connectivity index (χ4v) is 4.05. The summed E-state index contributed by atoms with van der Waals surface area (Å²) in [6.07, 6.45) is 6.18. The van der Waals surface area contributed by atoms with Crippen molar-refractivity contribution < 1.29 is 0 Å². The Balaban J connectivity index is 1.58. The molecule has 1 fully saturated rings. The second-order valence-corrected chi connectivity index (χ2v) is 6.85. The molecule has 0 amide bonds. The molecule has 1 aliphatic rings. The average Bonchev–Trinajstić information content (AvgIpc) is 3.29. The van der Waals surface area contributed by atoms with Crippen molar-refractivity contribution in [3.05, 3.63) is 53.1 Å². The lowest BCUT2D eigenvalue weighted by Gasteiger charge is -2.24. The number of hydrogen-bond acceptors (Lipinski definition) is 5. The molecule has 118 valence electrons. The molecule has 0 saturated carbocycles. The number of thiophene rings is 1. The first-order chi connectivity index (χ1) is 11.3.